The van der Waals surface area contributed by atoms with Crippen LogP contribution in [0.25, 0.3) is 0 Å². The minimum Gasteiger partial charge on any atom is -0.311 e. The average Bonchev–Trinajstić information content (AvgIpc) is 2.36. The molecule has 3 nitrogen and oxygen atoms in total. The first-order valence-electron chi connectivity index (χ1n) is 6.93. The van der Waals surface area contributed by atoms with Crippen molar-refractivity contribution in [2.75, 3.05) is 18.0 Å². The molecule has 0 bridgehead atoms. The number of carbonyl (C=O) groups is 1. The molecule has 1 amide bonds. The highest BCUT2D eigenvalue weighted by Gasteiger charge is 2.30. The van der Waals surface area contributed by atoms with Crippen LogP contribution in [0.2, 0.25) is 0 Å². The maximum absolute atomic E-state index is 12.5. The van der Waals surface area contributed by atoms with Gasteiger partial charge in [-0.05, 0) is 45.7 Å². The topological polar surface area (TPSA) is 32.3 Å². The Morgan fingerprint density at radius 1 is 1.16 bits per heavy atom. The maximum Gasteiger partial charge on any atom is 0.228 e. The van der Waals surface area contributed by atoms with Crippen LogP contribution in [0.5, 0.6) is 0 Å². The van der Waals surface area contributed by atoms with Crippen LogP contribution >= 0.6 is 0 Å². The van der Waals surface area contributed by atoms with Crippen molar-refractivity contribution >= 4 is 11.6 Å². The Morgan fingerprint density at radius 2 is 1.74 bits per heavy atom. The highest BCUT2D eigenvalue weighted by Crippen LogP contribution is 2.28. The van der Waals surface area contributed by atoms with Crippen LogP contribution in [0.3, 0.4) is 0 Å². The molecule has 0 radical (unpaired) electrons. The Bertz CT molecular complexity index is 482. The zero-order valence-corrected chi connectivity index (χ0v) is 12.6. The third-order valence-corrected chi connectivity index (χ3v) is 3.74. The highest BCUT2D eigenvalue weighted by molar-refractivity contribution is 5.96. The Labute approximate surface area is 116 Å². The molecule has 3 heteroatoms. The van der Waals surface area contributed by atoms with Gasteiger partial charge >= 0.3 is 0 Å². The Kier molecular flexibility index (Phi) is 3.68. The van der Waals surface area contributed by atoms with E-state index in [4.69, 9.17) is 0 Å². The van der Waals surface area contributed by atoms with E-state index in [-0.39, 0.29) is 11.4 Å². The Balaban J connectivity index is 2.39. The fourth-order valence-electron chi connectivity index (χ4n) is 3.00. The fraction of sp³-hybridized carbons (Fsp3) is 0.562. The van der Waals surface area contributed by atoms with Crippen LogP contribution < -0.4 is 10.2 Å². The minimum atomic E-state index is -0.113. The van der Waals surface area contributed by atoms with Crippen LogP contribution in [-0.2, 0) is 4.79 Å². The van der Waals surface area contributed by atoms with Gasteiger partial charge in [0.15, 0.2) is 0 Å². The lowest BCUT2D eigenvalue weighted by Crippen LogP contribution is -2.39. The van der Waals surface area contributed by atoms with Crippen LogP contribution in [-0.4, -0.2) is 24.5 Å². The van der Waals surface area contributed by atoms with Crippen molar-refractivity contribution < 1.29 is 4.79 Å². The first-order chi connectivity index (χ1) is 8.80. The molecule has 1 aliphatic heterocycles. The van der Waals surface area contributed by atoms with E-state index in [1.165, 1.54) is 16.7 Å². The number of aryl methyl sites for hydroxylation is 3. The molecule has 0 saturated carbocycles. The number of hydrogen-bond acceptors (Lipinski definition) is 2. The molecule has 104 valence electrons. The summed E-state index contributed by atoms with van der Waals surface area (Å²) in [6.07, 6.45) is 0.541. The van der Waals surface area contributed by atoms with Crippen LogP contribution in [0.1, 0.15) is 37.0 Å². The summed E-state index contributed by atoms with van der Waals surface area (Å²) in [6.45, 7) is 12.0. The zero-order chi connectivity index (χ0) is 14.2. The predicted molar refractivity (Wildman–Crippen MR) is 79.7 cm³/mol. The number of anilines is 1. The largest absolute Gasteiger partial charge is 0.311 e. The third kappa shape index (κ3) is 2.98. The molecule has 0 aliphatic carbocycles. The van der Waals surface area contributed by atoms with Crippen molar-refractivity contribution in [1.29, 1.82) is 0 Å². The summed E-state index contributed by atoms with van der Waals surface area (Å²) in [5.41, 5.74) is 4.60. The second-order valence-corrected chi connectivity index (χ2v) is 6.28. The van der Waals surface area contributed by atoms with Gasteiger partial charge in [-0.15, -0.1) is 0 Å². The zero-order valence-electron chi connectivity index (χ0n) is 12.6. The lowest BCUT2D eigenvalue weighted by molar-refractivity contribution is -0.119. The van der Waals surface area contributed by atoms with E-state index in [0.717, 1.165) is 18.8 Å². The standard InChI is InChI=1S/C16H24N2O/c1-11-8-12(2)15(13(3)9-11)18-7-6-17-16(4,5)10-14(18)19/h8-9,17H,6-7,10H2,1-5H3. The molecule has 1 heterocycles. The second kappa shape index (κ2) is 4.97. The predicted octanol–water partition coefficient (Wildman–Crippen LogP) is 2.72. The molecular weight excluding hydrogens is 236 g/mol. The van der Waals surface area contributed by atoms with Gasteiger partial charge in [0.1, 0.15) is 0 Å². The summed E-state index contributed by atoms with van der Waals surface area (Å²) in [4.78, 5) is 14.5. The Hall–Kier alpha value is -1.35. The van der Waals surface area contributed by atoms with E-state index in [1.807, 2.05) is 4.90 Å². The second-order valence-electron chi connectivity index (χ2n) is 6.28. The molecule has 1 fully saturated rings. The van der Waals surface area contributed by atoms with Crippen molar-refractivity contribution in [3.05, 3.63) is 28.8 Å². The van der Waals surface area contributed by atoms with Crippen molar-refractivity contribution in [3.63, 3.8) is 0 Å². The lowest BCUT2D eigenvalue weighted by atomic mass is 9.99. The molecule has 1 N–H and O–H groups in total. The monoisotopic (exact) mass is 260 g/mol. The van der Waals surface area contributed by atoms with Gasteiger partial charge in [-0.1, -0.05) is 17.7 Å². The molecule has 2 rings (SSSR count). The smallest absolute Gasteiger partial charge is 0.228 e. The molecule has 1 aromatic rings. The van der Waals surface area contributed by atoms with Gasteiger partial charge in [0.25, 0.3) is 0 Å². The van der Waals surface area contributed by atoms with Gasteiger partial charge in [0.2, 0.25) is 5.91 Å². The summed E-state index contributed by atoms with van der Waals surface area (Å²) in [6, 6.07) is 4.30. The van der Waals surface area contributed by atoms with E-state index in [2.05, 4.69) is 52.1 Å². The first-order valence-corrected chi connectivity index (χ1v) is 6.93. The van der Waals surface area contributed by atoms with Gasteiger partial charge in [-0.25, -0.2) is 0 Å². The lowest BCUT2D eigenvalue weighted by Gasteiger charge is -2.26. The molecule has 1 saturated heterocycles. The molecule has 0 unspecified atom stereocenters. The van der Waals surface area contributed by atoms with Gasteiger partial charge in [-0.2, -0.15) is 0 Å². The number of nitrogens with one attached hydrogen (secondary N) is 1. The van der Waals surface area contributed by atoms with Crippen LogP contribution in [0.4, 0.5) is 5.69 Å². The van der Waals surface area contributed by atoms with Crippen molar-refractivity contribution in [2.24, 2.45) is 0 Å². The number of nitrogens with zero attached hydrogens (tertiary/aromatic N) is 1. The van der Waals surface area contributed by atoms with Gasteiger partial charge in [0, 0.05) is 30.7 Å². The van der Waals surface area contributed by atoms with Crippen LogP contribution in [0, 0.1) is 20.8 Å². The molecule has 19 heavy (non-hydrogen) atoms. The molecule has 0 spiro atoms. The molecule has 0 aromatic heterocycles. The number of hydrogen-bond donors (Lipinski definition) is 1. The van der Waals surface area contributed by atoms with Gasteiger partial charge in [0.05, 0.1) is 0 Å². The molecule has 0 atom stereocenters. The first kappa shape index (κ1) is 14.1. The van der Waals surface area contributed by atoms with Crippen molar-refractivity contribution in [2.45, 2.75) is 46.6 Å². The Morgan fingerprint density at radius 3 is 2.32 bits per heavy atom. The van der Waals surface area contributed by atoms with E-state index < -0.39 is 0 Å². The summed E-state index contributed by atoms with van der Waals surface area (Å²) in [5, 5.41) is 3.44. The van der Waals surface area contributed by atoms with Crippen LogP contribution in [0.15, 0.2) is 12.1 Å². The normalized spacial score (nSPS) is 19.4. The number of rotatable bonds is 1. The van der Waals surface area contributed by atoms with Crippen molar-refractivity contribution in [3.8, 4) is 0 Å². The summed E-state index contributed by atoms with van der Waals surface area (Å²) < 4.78 is 0. The van der Waals surface area contributed by atoms with E-state index >= 15 is 0 Å². The summed E-state index contributed by atoms with van der Waals surface area (Å²) in [7, 11) is 0. The summed E-state index contributed by atoms with van der Waals surface area (Å²) in [5.74, 6) is 0.213. The number of amides is 1. The third-order valence-electron chi connectivity index (χ3n) is 3.74. The van der Waals surface area contributed by atoms with E-state index in [1.54, 1.807) is 0 Å². The summed E-state index contributed by atoms with van der Waals surface area (Å²) >= 11 is 0. The SMILES string of the molecule is Cc1cc(C)c(N2CCNC(C)(C)CC2=O)c(C)c1. The molecular formula is C16H24N2O. The minimum absolute atomic E-state index is 0.113. The fourth-order valence-corrected chi connectivity index (χ4v) is 3.00. The highest BCUT2D eigenvalue weighted by atomic mass is 16.2. The van der Waals surface area contributed by atoms with Gasteiger partial charge < -0.3 is 10.2 Å². The molecule has 1 aromatic carbocycles. The molecule has 1 aliphatic rings. The quantitative estimate of drug-likeness (QED) is 0.842. The van der Waals surface area contributed by atoms with Gasteiger partial charge in [-0.3, -0.25) is 4.79 Å². The number of carbonyl (C=O) groups excluding carboxylic acids is 1. The van der Waals surface area contributed by atoms with Crippen molar-refractivity contribution in [1.82, 2.24) is 5.32 Å². The van der Waals surface area contributed by atoms with E-state index in [0.29, 0.717) is 6.42 Å². The maximum atomic E-state index is 12.5. The van der Waals surface area contributed by atoms with E-state index in [9.17, 15) is 4.79 Å². The average molecular weight is 260 g/mol. The number of benzene rings is 1.